The fourth-order valence-electron chi connectivity index (χ4n) is 1.56. The van der Waals surface area contributed by atoms with Gasteiger partial charge in [0.15, 0.2) is 0 Å². The summed E-state index contributed by atoms with van der Waals surface area (Å²) in [5, 5.41) is -0.475. The predicted molar refractivity (Wildman–Crippen MR) is 67.2 cm³/mol. The number of alkyl halides is 3. The summed E-state index contributed by atoms with van der Waals surface area (Å²) in [6, 6.07) is 10.4. The summed E-state index contributed by atoms with van der Waals surface area (Å²) in [7, 11) is -3.99. The maximum absolute atomic E-state index is 12.5. The van der Waals surface area contributed by atoms with Gasteiger partial charge < -0.3 is 0 Å². The van der Waals surface area contributed by atoms with E-state index in [1.807, 2.05) is 0 Å². The van der Waals surface area contributed by atoms with E-state index in [1.54, 1.807) is 6.07 Å². The van der Waals surface area contributed by atoms with Crippen molar-refractivity contribution >= 4 is 21.4 Å². The number of hydrogen-bond acceptors (Lipinski definition) is 2. The highest BCUT2D eigenvalue weighted by molar-refractivity contribution is 7.91. The maximum atomic E-state index is 12.5. The summed E-state index contributed by atoms with van der Waals surface area (Å²) < 4.78 is 62.0. The molecule has 0 heterocycles. The van der Waals surface area contributed by atoms with Gasteiger partial charge in [-0.15, -0.1) is 0 Å². The van der Waals surface area contributed by atoms with Crippen LogP contribution in [0.3, 0.4) is 0 Å². The fraction of sp³-hybridized carbons (Fsp3) is 0.0769. The molecule has 0 N–H and O–H groups in total. The minimum Gasteiger partial charge on any atom is -0.218 e. The van der Waals surface area contributed by atoms with Gasteiger partial charge in [-0.1, -0.05) is 29.8 Å². The summed E-state index contributed by atoms with van der Waals surface area (Å²) in [5.41, 5.74) is -1.00. The normalized spacial score (nSPS) is 12.4. The Bertz CT molecular complexity index is 725. The Morgan fingerprint density at radius 1 is 1.10 bits per heavy atom. The van der Waals surface area contributed by atoms with Crippen LogP contribution < -0.4 is 0 Å². The van der Waals surface area contributed by atoms with E-state index in [0.29, 0.717) is 12.1 Å². The highest BCUT2D eigenvalue weighted by Crippen LogP contribution is 2.34. The van der Waals surface area contributed by atoms with Gasteiger partial charge in [-0.25, -0.2) is 8.42 Å². The number of benzene rings is 2. The van der Waals surface area contributed by atoms with Crippen molar-refractivity contribution in [3.63, 3.8) is 0 Å². The van der Waals surface area contributed by atoms with Crippen LogP contribution in [0, 0.1) is 6.07 Å². The van der Waals surface area contributed by atoms with Crippen molar-refractivity contribution in [2.24, 2.45) is 0 Å². The molecule has 0 fully saturated rings. The molecule has 105 valence electrons. The first-order valence-corrected chi connectivity index (χ1v) is 7.17. The Kier molecular flexibility index (Phi) is 3.80. The summed E-state index contributed by atoms with van der Waals surface area (Å²) >= 11 is 5.68. The standard InChI is InChI=1S/C13H7ClF3O2S/c14-11-8-9(13(15,16)17)6-7-12(11)20(18,19)10-4-2-1-3-5-10/h1-4,6-8H. The molecule has 0 aliphatic carbocycles. The predicted octanol–water partition coefficient (Wildman–Crippen LogP) is 3.99. The van der Waals surface area contributed by atoms with Crippen LogP contribution in [-0.4, -0.2) is 8.42 Å². The van der Waals surface area contributed by atoms with E-state index < -0.39 is 26.6 Å². The molecule has 2 rings (SSSR count). The molecular formula is C13H7ClF3O2S. The van der Waals surface area contributed by atoms with Gasteiger partial charge in [-0.3, -0.25) is 0 Å². The Hall–Kier alpha value is -1.53. The minimum atomic E-state index is -4.58. The first-order valence-electron chi connectivity index (χ1n) is 5.31. The second-order valence-electron chi connectivity index (χ2n) is 3.87. The molecule has 0 aliphatic rings. The maximum Gasteiger partial charge on any atom is 0.416 e. The van der Waals surface area contributed by atoms with Crippen molar-refractivity contribution in [2.45, 2.75) is 16.0 Å². The first kappa shape index (κ1) is 14.9. The number of halogens is 4. The van der Waals surface area contributed by atoms with Crippen molar-refractivity contribution in [2.75, 3.05) is 0 Å². The van der Waals surface area contributed by atoms with Gasteiger partial charge in [0, 0.05) is 6.07 Å². The third-order valence-electron chi connectivity index (χ3n) is 2.52. The summed E-state index contributed by atoms with van der Waals surface area (Å²) in [6.45, 7) is 0. The third-order valence-corrected chi connectivity index (χ3v) is 4.71. The zero-order valence-corrected chi connectivity index (χ0v) is 11.4. The Balaban J connectivity index is 2.55. The molecule has 0 spiro atoms. The molecule has 0 aromatic heterocycles. The topological polar surface area (TPSA) is 34.1 Å². The van der Waals surface area contributed by atoms with Gasteiger partial charge in [0.2, 0.25) is 9.84 Å². The largest absolute Gasteiger partial charge is 0.416 e. The molecule has 2 aromatic carbocycles. The molecule has 0 atom stereocenters. The van der Waals surface area contributed by atoms with E-state index in [0.717, 1.165) is 6.07 Å². The molecule has 2 aromatic rings. The van der Waals surface area contributed by atoms with Crippen molar-refractivity contribution in [3.05, 3.63) is 59.1 Å². The smallest absolute Gasteiger partial charge is 0.218 e. The number of hydrogen-bond donors (Lipinski definition) is 0. The quantitative estimate of drug-likeness (QED) is 0.838. The van der Waals surface area contributed by atoms with Crippen LogP contribution in [0.1, 0.15) is 5.56 Å². The monoisotopic (exact) mass is 319 g/mol. The summed E-state index contributed by atoms with van der Waals surface area (Å²) in [5.74, 6) is 0. The van der Waals surface area contributed by atoms with Gasteiger partial charge in [0.1, 0.15) is 0 Å². The zero-order valence-electron chi connectivity index (χ0n) is 9.78. The van der Waals surface area contributed by atoms with Crippen LogP contribution in [0.25, 0.3) is 0 Å². The SMILES string of the molecule is O=S(=O)(c1[c]cccc1)c1ccc(C(F)(F)F)cc1Cl. The van der Waals surface area contributed by atoms with Crippen LogP contribution in [-0.2, 0) is 16.0 Å². The molecule has 0 saturated heterocycles. The van der Waals surface area contributed by atoms with Crippen LogP contribution in [0.4, 0.5) is 13.2 Å². The van der Waals surface area contributed by atoms with Gasteiger partial charge in [0.05, 0.1) is 20.4 Å². The fourth-order valence-corrected chi connectivity index (χ4v) is 3.32. The Morgan fingerprint density at radius 3 is 2.30 bits per heavy atom. The molecular weight excluding hydrogens is 313 g/mol. The Morgan fingerprint density at radius 2 is 1.80 bits per heavy atom. The van der Waals surface area contributed by atoms with Crippen molar-refractivity contribution in [1.29, 1.82) is 0 Å². The van der Waals surface area contributed by atoms with E-state index in [9.17, 15) is 21.6 Å². The average Bonchev–Trinajstić information content (AvgIpc) is 2.38. The van der Waals surface area contributed by atoms with Crippen LogP contribution >= 0.6 is 11.6 Å². The third kappa shape index (κ3) is 2.81. The van der Waals surface area contributed by atoms with Gasteiger partial charge >= 0.3 is 6.18 Å². The highest BCUT2D eigenvalue weighted by atomic mass is 35.5. The van der Waals surface area contributed by atoms with Crippen LogP contribution in [0.5, 0.6) is 0 Å². The van der Waals surface area contributed by atoms with Crippen molar-refractivity contribution in [3.8, 4) is 0 Å². The summed E-state index contributed by atoms with van der Waals surface area (Å²) in [4.78, 5) is -0.531. The van der Waals surface area contributed by atoms with E-state index in [1.165, 1.54) is 18.2 Å². The second kappa shape index (κ2) is 5.10. The van der Waals surface area contributed by atoms with E-state index in [2.05, 4.69) is 6.07 Å². The molecule has 0 amide bonds. The molecule has 0 bridgehead atoms. The highest BCUT2D eigenvalue weighted by Gasteiger charge is 2.32. The molecule has 1 radical (unpaired) electrons. The van der Waals surface area contributed by atoms with Gasteiger partial charge in [-0.05, 0) is 24.3 Å². The Labute approximate surface area is 118 Å². The molecule has 0 aliphatic heterocycles. The molecule has 20 heavy (non-hydrogen) atoms. The minimum absolute atomic E-state index is 0.151. The van der Waals surface area contributed by atoms with Gasteiger partial charge in [-0.2, -0.15) is 13.2 Å². The van der Waals surface area contributed by atoms with E-state index >= 15 is 0 Å². The van der Waals surface area contributed by atoms with Crippen molar-refractivity contribution in [1.82, 2.24) is 0 Å². The number of rotatable bonds is 2. The van der Waals surface area contributed by atoms with Crippen molar-refractivity contribution < 1.29 is 21.6 Å². The van der Waals surface area contributed by atoms with Crippen LogP contribution in [0.15, 0.2) is 52.3 Å². The molecule has 2 nitrogen and oxygen atoms in total. The average molecular weight is 320 g/mol. The van der Waals surface area contributed by atoms with Crippen LogP contribution in [0.2, 0.25) is 5.02 Å². The van der Waals surface area contributed by atoms with E-state index in [-0.39, 0.29) is 9.79 Å². The lowest BCUT2D eigenvalue weighted by atomic mass is 10.2. The molecule has 0 unspecified atom stereocenters. The van der Waals surface area contributed by atoms with Gasteiger partial charge in [0.25, 0.3) is 0 Å². The summed E-state index contributed by atoms with van der Waals surface area (Å²) in [6.07, 6.45) is -4.58. The first-order chi connectivity index (χ1) is 9.23. The molecule has 7 heteroatoms. The molecule has 0 saturated carbocycles. The lowest BCUT2D eigenvalue weighted by molar-refractivity contribution is -0.137. The lowest BCUT2D eigenvalue weighted by Gasteiger charge is -2.10. The zero-order chi connectivity index (χ0) is 15.0. The lowest BCUT2D eigenvalue weighted by Crippen LogP contribution is -2.07. The second-order valence-corrected chi connectivity index (χ2v) is 6.17. The van der Waals surface area contributed by atoms with E-state index in [4.69, 9.17) is 11.6 Å². The number of sulfone groups is 1.